The van der Waals surface area contributed by atoms with Crippen LogP contribution in [0.2, 0.25) is 0 Å². The van der Waals surface area contributed by atoms with Gasteiger partial charge in [-0.25, -0.2) is 4.98 Å². The summed E-state index contributed by atoms with van der Waals surface area (Å²) in [4.78, 5) is 16.0. The van der Waals surface area contributed by atoms with Gasteiger partial charge in [0.1, 0.15) is 0 Å². The standard InChI is InChI=1S/C11H13N3O/c15-11-7-3-1-4-8(7)13-9-5-2-6-12-10(9)14-11/h2,5-8,13H,1,3-4H2,(H,12,14,15). The van der Waals surface area contributed by atoms with Crippen LogP contribution in [-0.4, -0.2) is 16.9 Å². The molecule has 2 unspecified atom stereocenters. The number of amides is 1. The van der Waals surface area contributed by atoms with Gasteiger partial charge in [0.2, 0.25) is 5.91 Å². The Balaban J connectivity index is 2.00. The molecule has 1 aromatic rings. The van der Waals surface area contributed by atoms with Crippen LogP contribution in [0.4, 0.5) is 11.5 Å². The molecule has 1 aliphatic carbocycles. The summed E-state index contributed by atoms with van der Waals surface area (Å²) in [6.45, 7) is 0. The minimum atomic E-state index is 0.110. The molecular formula is C11H13N3O. The normalized spacial score (nSPS) is 28.4. The number of hydrogen-bond donors (Lipinski definition) is 2. The van der Waals surface area contributed by atoms with Crippen LogP contribution in [0.15, 0.2) is 18.3 Å². The van der Waals surface area contributed by atoms with E-state index in [0.717, 1.165) is 24.9 Å². The highest BCUT2D eigenvalue weighted by molar-refractivity contribution is 5.96. The molecule has 0 spiro atoms. The fraction of sp³-hybridized carbons (Fsp3) is 0.455. The summed E-state index contributed by atoms with van der Waals surface area (Å²) in [7, 11) is 0. The van der Waals surface area contributed by atoms with Crippen molar-refractivity contribution in [3.05, 3.63) is 18.3 Å². The zero-order valence-electron chi connectivity index (χ0n) is 8.36. The third kappa shape index (κ3) is 1.37. The molecule has 4 nitrogen and oxygen atoms in total. The van der Waals surface area contributed by atoms with Crippen molar-refractivity contribution in [2.24, 2.45) is 5.92 Å². The van der Waals surface area contributed by atoms with Crippen molar-refractivity contribution in [3.8, 4) is 0 Å². The van der Waals surface area contributed by atoms with Crippen LogP contribution in [0.3, 0.4) is 0 Å². The van der Waals surface area contributed by atoms with Crippen LogP contribution in [-0.2, 0) is 4.79 Å². The lowest BCUT2D eigenvalue weighted by atomic mass is 10.0. The summed E-state index contributed by atoms with van der Waals surface area (Å²) < 4.78 is 0. The molecule has 2 atom stereocenters. The van der Waals surface area contributed by atoms with Crippen LogP contribution in [0.5, 0.6) is 0 Å². The lowest BCUT2D eigenvalue weighted by Crippen LogP contribution is -2.30. The van der Waals surface area contributed by atoms with Crippen LogP contribution in [0.25, 0.3) is 0 Å². The van der Waals surface area contributed by atoms with E-state index in [-0.39, 0.29) is 17.9 Å². The molecular weight excluding hydrogens is 190 g/mol. The number of aromatic nitrogens is 1. The third-order valence-corrected chi connectivity index (χ3v) is 3.24. The average Bonchev–Trinajstić information content (AvgIpc) is 2.64. The Morgan fingerprint density at radius 3 is 3.27 bits per heavy atom. The lowest BCUT2D eigenvalue weighted by molar-refractivity contribution is -0.119. The SMILES string of the molecule is O=C1Nc2ncccc2NC2CCCC12. The number of nitrogens with zero attached hydrogens (tertiary/aromatic N) is 1. The number of hydrogen-bond acceptors (Lipinski definition) is 3. The second-order valence-electron chi connectivity index (χ2n) is 4.18. The van der Waals surface area contributed by atoms with Gasteiger partial charge in [-0.05, 0) is 25.0 Å². The maximum absolute atomic E-state index is 11.9. The Kier molecular flexibility index (Phi) is 1.87. The molecule has 78 valence electrons. The second kappa shape index (κ2) is 3.22. The molecule has 0 bridgehead atoms. The molecule has 3 rings (SSSR count). The van der Waals surface area contributed by atoms with Crippen molar-refractivity contribution in [2.75, 3.05) is 10.6 Å². The summed E-state index contributed by atoms with van der Waals surface area (Å²) in [6, 6.07) is 4.13. The van der Waals surface area contributed by atoms with Gasteiger partial charge in [0, 0.05) is 12.2 Å². The Hall–Kier alpha value is -1.58. The van der Waals surface area contributed by atoms with Gasteiger partial charge in [-0.2, -0.15) is 0 Å². The lowest BCUT2D eigenvalue weighted by Gasteiger charge is -2.15. The zero-order chi connectivity index (χ0) is 10.3. The van der Waals surface area contributed by atoms with Crippen LogP contribution >= 0.6 is 0 Å². The maximum atomic E-state index is 11.9. The number of pyridine rings is 1. The highest BCUT2D eigenvalue weighted by atomic mass is 16.2. The first-order valence-corrected chi connectivity index (χ1v) is 5.37. The summed E-state index contributed by atoms with van der Waals surface area (Å²) >= 11 is 0. The number of fused-ring (bicyclic) bond motifs is 2. The Morgan fingerprint density at radius 2 is 2.33 bits per heavy atom. The van der Waals surface area contributed by atoms with Crippen LogP contribution < -0.4 is 10.6 Å². The summed E-state index contributed by atoms with van der Waals surface area (Å²) in [5, 5.41) is 6.29. The number of carbonyl (C=O) groups is 1. The number of anilines is 2. The minimum absolute atomic E-state index is 0.110. The molecule has 0 radical (unpaired) electrons. The zero-order valence-corrected chi connectivity index (χ0v) is 8.36. The van der Waals surface area contributed by atoms with E-state index >= 15 is 0 Å². The highest BCUT2D eigenvalue weighted by Gasteiger charge is 2.35. The fourth-order valence-corrected chi connectivity index (χ4v) is 2.48. The van der Waals surface area contributed by atoms with Crippen LogP contribution in [0, 0.1) is 5.92 Å². The van der Waals surface area contributed by atoms with Crippen molar-refractivity contribution in [1.82, 2.24) is 4.98 Å². The maximum Gasteiger partial charge on any atom is 0.230 e. The molecule has 1 aliphatic heterocycles. The van der Waals surface area contributed by atoms with Gasteiger partial charge in [0.25, 0.3) is 0 Å². The number of nitrogens with one attached hydrogen (secondary N) is 2. The number of rotatable bonds is 0. The molecule has 1 saturated carbocycles. The molecule has 0 saturated heterocycles. The Bertz CT molecular complexity index is 405. The van der Waals surface area contributed by atoms with Crippen molar-refractivity contribution < 1.29 is 4.79 Å². The van der Waals surface area contributed by atoms with Gasteiger partial charge in [-0.1, -0.05) is 6.42 Å². The largest absolute Gasteiger partial charge is 0.379 e. The van der Waals surface area contributed by atoms with Crippen LogP contribution in [0.1, 0.15) is 19.3 Å². The first-order valence-electron chi connectivity index (χ1n) is 5.37. The van der Waals surface area contributed by atoms with E-state index < -0.39 is 0 Å². The van der Waals surface area contributed by atoms with E-state index in [2.05, 4.69) is 15.6 Å². The smallest absolute Gasteiger partial charge is 0.230 e. The number of carbonyl (C=O) groups excluding carboxylic acids is 1. The molecule has 1 aromatic heterocycles. The van der Waals surface area contributed by atoms with E-state index in [1.807, 2.05) is 12.1 Å². The van der Waals surface area contributed by atoms with Gasteiger partial charge < -0.3 is 10.6 Å². The fourth-order valence-electron chi connectivity index (χ4n) is 2.48. The van der Waals surface area contributed by atoms with Crippen molar-refractivity contribution in [1.29, 1.82) is 0 Å². The highest BCUT2D eigenvalue weighted by Crippen LogP contribution is 2.34. The van der Waals surface area contributed by atoms with E-state index in [0.29, 0.717) is 5.82 Å². The molecule has 2 aliphatic rings. The molecule has 1 fully saturated rings. The average molecular weight is 203 g/mol. The van der Waals surface area contributed by atoms with E-state index in [1.54, 1.807) is 6.20 Å². The van der Waals surface area contributed by atoms with Gasteiger partial charge in [0.15, 0.2) is 5.82 Å². The van der Waals surface area contributed by atoms with Crippen molar-refractivity contribution >= 4 is 17.4 Å². The third-order valence-electron chi connectivity index (χ3n) is 3.24. The topological polar surface area (TPSA) is 54.0 Å². The van der Waals surface area contributed by atoms with Crippen molar-refractivity contribution in [3.63, 3.8) is 0 Å². The summed E-state index contributed by atoms with van der Waals surface area (Å²) in [6.07, 6.45) is 4.89. The van der Waals surface area contributed by atoms with E-state index in [9.17, 15) is 4.79 Å². The molecule has 2 N–H and O–H groups in total. The predicted octanol–water partition coefficient (Wildman–Crippen LogP) is 1.61. The summed E-state index contributed by atoms with van der Waals surface area (Å²) in [5.74, 6) is 0.888. The molecule has 0 aromatic carbocycles. The minimum Gasteiger partial charge on any atom is -0.379 e. The first kappa shape index (κ1) is 8.71. The molecule has 4 heteroatoms. The summed E-state index contributed by atoms with van der Waals surface area (Å²) in [5.41, 5.74) is 0.945. The monoisotopic (exact) mass is 203 g/mol. The predicted molar refractivity (Wildman–Crippen MR) is 57.6 cm³/mol. The van der Waals surface area contributed by atoms with E-state index in [1.165, 1.54) is 0 Å². The Labute approximate surface area is 88.1 Å². The molecule has 15 heavy (non-hydrogen) atoms. The molecule has 1 amide bonds. The Morgan fingerprint density at radius 1 is 1.40 bits per heavy atom. The van der Waals surface area contributed by atoms with Gasteiger partial charge in [0.05, 0.1) is 11.6 Å². The first-order chi connectivity index (χ1) is 7.34. The van der Waals surface area contributed by atoms with E-state index in [4.69, 9.17) is 0 Å². The van der Waals surface area contributed by atoms with Gasteiger partial charge in [-0.3, -0.25) is 4.79 Å². The second-order valence-corrected chi connectivity index (χ2v) is 4.18. The molecule has 2 heterocycles. The van der Waals surface area contributed by atoms with Gasteiger partial charge >= 0.3 is 0 Å². The van der Waals surface area contributed by atoms with Gasteiger partial charge in [-0.15, -0.1) is 0 Å². The van der Waals surface area contributed by atoms with Crippen molar-refractivity contribution in [2.45, 2.75) is 25.3 Å². The quantitative estimate of drug-likeness (QED) is 0.673.